The summed E-state index contributed by atoms with van der Waals surface area (Å²) in [7, 11) is 0. The zero-order valence-electron chi connectivity index (χ0n) is 13.8. The lowest BCUT2D eigenvalue weighted by Gasteiger charge is -2.37. The highest BCUT2D eigenvalue weighted by Gasteiger charge is 2.32. The van der Waals surface area contributed by atoms with Crippen molar-refractivity contribution in [2.24, 2.45) is 0 Å². The van der Waals surface area contributed by atoms with E-state index in [1.807, 2.05) is 30.3 Å². The zero-order chi connectivity index (χ0) is 15.1. The lowest BCUT2D eigenvalue weighted by Crippen LogP contribution is -2.52. The Morgan fingerprint density at radius 1 is 1.24 bits per heavy atom. The summed E-state index contributed by atoms with van der Waals surface area (Å²) in [6.07, 6.45) is 3.59. The number of hydrogen-bond donors (Lipinski definition) is 1. The molecule has 0 radical (unpaired) electrons. The van der Waals surface area contributed by atoms with E-state index in [1.165, 1.54) is 19.3 Å². The Morgan fingerprint density at radius 3 is 2.62 bits per heavy atom. The quantitative estimate of drug-likeness (QED) is 0.870. The Bertz CT molecular complexity index is 403. The second-order valence-electron chi connectivity index (χ2n) is 6.18. The second-order valence-corrected chi connectivity index (χ2v) is 6.18. The van der Waals surface area contributed by atoms with Crippen LogP contribution in [-0.4, -0.2) is 42.7 Å². The largest absolute Gasteiger partial charge is 0.492 e. The molecule has 0 saturated carbocycles. The first-order chi connectivity index (χ1) is 10.2. The van der Waals surface area contributed by atoms with Crippen molar-refractivity contribution in [1.29, 1.82) is 0 Å². The second kappa shape index (κ2) is 7.81. The van der Waals surface area contributed by atoms with E-state index in [2.05, 4.69) is 31.0 Å². The lowest BCUT2D eigenvalue weighted by atomic mass is 9.92. The average molecular weight is 290 g/mol. The van der Waals surface area contributed by atoms with Crippen LogP contribution in [0.2, 0.25) is 0 Å². The fourth-order valence-electron chi connectivity index (χ4n) is 3.15. The van der Waals surface area contributed by atoms with Crippen molar-refractivity contribution in [3.63, 3.8) is 0 Å². The molecule has 1 heterocycles. The van der Waals surface area contributed by atoms with Crippen molar-refractivity contribution in [2.75, 3.05) is 26.2 Å². The molecule has 0 spiro atoms. The third kappa shape index (κ3) is 4.45. The van der Waals surface area contributed by atoms with Gasteiger partial charge in [-0.05, 0) is 44.9 Å². The van der Waals surface area contributed by atoms with Crippen LogP contribution >= 0.6 is 0 Å². The van der Waals surface area contributed by atoms with Gasteiger partial charge in [0.1, 0.15) is 12.4 Å². The highest BCUT2D eigenvalue weighted by Crippen LogP contribution is 2.22. The summed E-state index contributed by atoms with van der Waals surface area (Å²) in [5.41, 5.74) is 0.275. The van der Waals surface area contributed by atoms with Crippen molar-refractivity contribution in [3.8, 4) is 5.75 Å². The first-order valence-corrected chi connectivity index (χ1v) is 8.36. The molecule has 0 bridgehead atoms. The summed E-state index contributed by atoms with van der Waals surface area (Å²) >= 11 is 0. The fourth-order valence-corrected chi connectivity index (χ4v) is 3.15. The van der Waals surface area contributed by atoms with Crippen LogP contribution < -0.4 is 10.1 Å². The van der Waals surface area contributed by atoms with E-state index in [0.717, 1.165) is 32.0 Å². The third-order valence-corrected chi connectivity index (χ3v) is 4.94. The van der Waals surface area contributed by atoms with Gasteiger partial charge in [0.05, 0.1) is 0 Å². The van der Waals surface area contributed by atoms with E-state index in [0.29, 0.717) is 6.04 Å². The molecule has 0 aromatic heterocycles. The van der Waals surface area contributed by atoms with Crippen LogP contribution in [0.4, 0.5) is 0 Å². The summed E-state index contributed by atoms with van der Waals surface area (Å²) in [5, 5.41) is 3.78. The van der Waals surface area contributed by atoms with Crippen molar-refractivity contribution < 1.29 is 4.74 Å². The third-order valence-electron chi connectivity index (χ3n) is 4.94. The summed E-state index contributed by atoms with van der Waals surface area (Å²) in [6.45, 7) is 10.9. The zero-order valence-corrected chi connectivity index (χ0v) is 13.8. The van der Waals surface area contributed by atoms with E-state index in [-0.39, 0.29) is 5.54 Å². The van der Waals surface area contributed by atoms with Crippen LogP contribution in [0.5, 0.6) is 5.75 Å². The Morgan fingerprint density at radius 2 is 1.95 bits per heavy atom. The van der Waals surface area contributed by atoms with Gasteiger partial charge in [0, 0.05) is 24.7 Å². The van der Waals surface area contributed by atoms with Gasteiger partial charge in [0.25, 0.3) is 0 Å². The van der Waals surface area contributed by atoms with Crippen LogP contribution in [0, 0.1) is 0 Å². The molecule has 21 heavy (non-hydrogen) atoms. The highest BCUT2D eigenvalue weighted by molar-refractivity contribution is 5.20. The van der Waals surface area contributed by atoms with Gasteiger partial charge in [-0.3, -0.25) is 4.90 Å². The van der Waals surface area contributed by atoms with Crippen molar-refractivity contribution >= 4 is 0 Å². The van der Waals surface area contributed by atoms with Gasteiger partial charge in [-0.15, -0.1) is 0 Å². The Balaban J connectivity index is 1.90. The molecule has 1 aromatic rings. The maximum Gasteiger partial charge on any atom is 0.119 e. The van der Waals surface area contributed by atoms with Crippen molar-refractivity contribution in [1.82, 2.24) is 10.2 Å². The van der Waals surface area contributed by atoms with Crippen LogP contribution in [0.3, 0.4) is 0 Å². The molecular formula is C18H30N2O. The number of rotatable bonds is 6. The predicted octanol–water partition coefficient (Wildman–Crippen LogP) is 3.31. The standard InChI is InChI=1S/C18H30N2O/c1-4-18(5-2)15-20(16(3)11-12-19-18)13-14-21-17-9-7-6-8-10-17/h6-10,16,19H,4-5,11-15H2,1-3H3. The number of ether oxygens (including phenoxy) is 1. The lowest BCUT2D eigenvalue weighted by molar-refractivity contribution is 0.134. The minimum atomic E-state index is 0.275. The normalized spacial score (nSPS) is 22.7. The molecule has 1 N–H and O–H groups in total. The van der Waals surface area contributed by atoms with Gasteiger partial charge in [-0.25, -0.2) is 0 Å². The number of benzene rings is 1. The van der Waals surface area contributed by atoms with Crippen LogP contribution in [0.15, 0.2) is 30.3 Å². The van der Waals surface area contributed by atoms with Gasteiger partial charge in [-0.2, -0.15) is 0 Å². The average Bonchev–Trinajstić information content (AvgIpc) is 2.68. The van der Waals surface area contributed by atoms with E-state index < -0.39 is 0 Å². The SMILES string of the molecule is CCC1(CC)CN(CCOc2ccccc2)C(C)CCN1. The van der Waals surface area contributed by atoms with E-state index in [1.54, 1.807) is 0 Å². The number of para-hydroxylation sites is 1. The van der Waals surface area contributed by atoms with Crippen molar-refractivity contribution in [2.45, 2.75) is 51.6 Å². The first kappa shape index (κ1) is 16.3. The summed E-state index contributed by atoms with van der Waals surface area (Å²) < 4.78 is 5.87. The highest BCUT2D eigenvalue weighted by atomic mass is 16.5. The molecule has 1 fully saturated rings. The van der Waals surface area contributed by atoms with Crippen molar-refractivity contribution in [3.05, 3.63) is 30.3 Å². The molecule has 1 saturated heterocycles. The molecule has 2 rings (SSSR count). The maximum absolute atomic E-state index is 5.87. The first-order valence-electron chi connectivity index (χ1n) is 8.36. The molecule has 1 aromatic carbocycles. The molecule has 1 aliphatic heterocycles. The Hall–Kier alpha value is -1.06. The van der Waals surface area contributed by atoms with E-state index in [9.17, 15) is 0 Å². The molecule has 0 amide bonds. The van der Waals surface area contributed by atoms with Gasteiger partial charge in [-0.1, -0.05) is 32.0 Å². The molecule has 1 unspecified atom stereocenters. The van der Waals surface area contributed by atoms with Gasteiger partial charge >= 0.3 is 0 Å². The molecule has 118 valence electrons. The van der Waals surface area contributed by atoms with E-state index in [4.69, 9.17) is 4.74 Å². The summed E-state index contributed by atoms with van der Waals surface area (Å²) in [6, 6.07) is 10.7. The van der Waals surface area contributed by atoms with Crippen LogP contribution in [0.1, 0.15) is 40.0 Å². The molecule has 3 nitrogen and oxygen atoms in total. The van der Waals surface area contributed by atoms with Gasteiger partial charge in [0.2, 0.25) is 0 Å². The van der Waals surface area contributed by atoms with Crippen LogP contribution in [0.25, 0.3) is 0 Å². The van der Waals surface area contributed by atoms with Crippen LogP contribution in [-0.2, 0) is 0 Å². The minimum Gasteiger partial charge on any atom is -0.492 e. The summed E-state index contributed by atoms with van der Waals surface area (Å²) in [4.78, 5) is 2.59. The monoisotopic (exact) mass is 290 g/mol. The molecular weight excluding hydrogens is 260 g/mol. The Kier molecular flexibility index (Phi) is 6.07. The Labute approximate surface area is 129 Å². The molecule has 0 aliphatic carbocycles. The molecule has 1 atom stereocenters. The van der Waals surface area contributed by atoms with Gasteiger partial charge in [0.15, 0.2) is 0 Å². The number of nitrogens with one attached hydrogen (secondary N) is 1. The smallest absolute Gasteiger partial charge is 0.119 e. The predicted molar refractivity (Wildman–Crippen MR) is 88.9 cm³/mol. The maximum atomic E-state index is 5.87. The topological polar surface area (TPSA) is 24.5 Å². The number of nitrogens with zero attached hydrogens (tertiary/aromatic N) is 1. The summed E-state index contributed by atoms with van der Waals surface area (Å²) in [5.74, 6) is 0.968. The molecule has 1 aliphatic rings. The molecule has 3 heteroatoms. The minimum absolute atomic E-state index is 0.275. The number of hydrogen-bond acceptors (Lipinski definition) is 3. The fraction of sp³-hybridized carbons (Fsp3) is 0.667. The van der Waals surface area contributed by atoms with E-state index >= 15 is 0 Å². The van der Waals surface area contributed by atoms with Gasteiger partial charge < -0.3 is 10.1 Å².